The van der Waals surface area contributed by atoms with Crippen molar-refractivity contribution in [2.45, 2.75) is 6.42 Å². The van der Waals surface area contributed by atoms with Crippen molar-refractivity contribution < 1.29 is 0 Å². The number of nitrogens with one attached hydrogen (secondary N) is 1. The van der Waals surface area contributed by atoms with Gasteiger partial charge in [-0.15, -0.1) is 36.2 Å². The minimum atomic E-state index is 0. The Morgan fingerprint density at radius 3 is 2.52 bits per heavy atom. The van der Waals surface area contributed by atoms with Gasteiger partial charge in [-0.25, -0.2) is 4.98 Å². The van der Waals surface area contributed by atoms with E-state index in [1.807, 2.05) is 6.07 Å². The largest absolute Gasteiger partial charge is 0.314 e. The van der Waals surface area contributed by atoms with Crippen LogP contribution < -0.4 is 5.32 Å². The van der Waals surface area contributed by atoms with E-state index in [-0.39, 0.29) is 24.8 Å². The highest BCUT2D eigenvalue weighted by Crippen LogP contribution is 2.21. The summed E-state index contributed by atoms with van der Waals surface area (Å²) < 4.78 is 0. The van der Waals surface area contributed by atoms with E-state index >= 15 is 0 Å². The first kappa shape index (κ1) is 18.4. The highest BCUT2D eigenvalue weighted by molar-refractivity contribution is 7.09. The fourth-order valence-electron chi connectivity index (χ4n) is 2.36. The minimum Gasteiger partial charge on any atom is -0.314 e. The molecule has 0 bridgehead atoms. The van der Waals surface area contributed by atoms with E-state index < -0.39 is 0 Å². The first-order valence-corrected chi connectivity index (χ1v) is 7.73. The van der Waals surface area contributed by atoms with Gasteiger partial charge in [0.15, 0.2) is 0 Å². The fraction of sp³-hybridized carbons (Fsp3) is 0.400. The van der Waals surface area contributed by atoms with Crippen molar-refractivity contribution in [1.82, 2.24) is 15.2 Å². The number of nitrogens with zero attached hydrogens (tertiary/aromatic N) is 2. The summed E-state index contributed by atoms with van der Waals surface area (Å²) in [7, 11) is 0. The summed E-state index contributed by atoms with van der Waals surface area (Å²) in [6.07, 6.45) is 1.07. The molecule has 0 atom stereocenters. The van der Waals surface area contributed by atoms with E-state index in [1.165, 1.54) is 10.6 Å². The molecule has 0 spiro atoms. The van der Waals surface area contributed by atoms with E-state index in [4.69, 9.17) is 4.98 Å². The van der Waals surface area contributed by atoms with Gasteiger partial charge in [-0.2, -0.15) is 0 Å². The maximum atomic E-state index is 4.74. The van der Waals surface area contributed by atoms with Gasteiger partial charge in [-0.05, 0) is 0 Å². The third-order valence-electron chi connectivity index (χ3n) is 3.47. The quantitative estimate of drug-likeness (QED) is 0.922. The lowest BCUT2D eigenvalue weighted by Gasteiger charge is -2.26. The summed E-state index contributed by atoms with van der Waals surface area (Å²) >= 11 is 1.78. The molecule has 1 aliphatic rings. The van der Waals surface area contributed by atoms with Crippen LogP contribution in [0.3, 0.4) is 0 Å². The zero-order valence-electron chi connectivity index (χ0n) is 11.8. The molecule has 3 rings (SSSR count). The lowest BCUT2D eigenvalue weighted by atomic mass is 10.2. The summed E-state index contributed by atoms with van der Waals surface area (Å²) in [6.45, 7) is 5.69. The molecule has 1 aromatic heterocycles. The number of thiazole rings is 1. The van der Waals surface area contributed by atoms with Crippen molar-refractivity contribution >= 4 is 36.2 Å². The molecule has 0 amide bonds. The van der Waals surface area contributed by atoms with E-state index in [1.54, 1.807) is 11.3 Å². The molecule has 0 aliphatic carbocycles. The Morgan fingerprint density at radius 1 is 1.10 bits per heavy atom. The molecule has 1 aliphatic heterocycles. The maximum absolute atomic E-state index is 4.74. The summed E-state index contributed by atoms with van der Waals surface area (Å²) in [5, 5.41) is 6.80. The van der Waals surface area contributed by atoms with Gasteiger partial charge >= 0.3 is 0 Å². The number of rotatable bonds is 4. The smallest absolute Gasteiger partial charge is 0.0945 e. The van der Waals surface area contributed by atoms with Gasteiger partial charge in [0.2, 0.25) is 0 Å². The second-order valence-corrected chi connectivity index (χ2v) is 5.78. The van der Waals surface area contributed by atoms with Crippen molar-refractivity contribution in [1.29, 1.82) is 0 Å². The molecule has 116 valence electrons. The number of hydrogen-bond acceptors (Lipinski definition) is 4. The van der Waals surface area contributed by atoms with Crippen LogP contribution in [-0.4, -0.2) is 42.6 Å². The van der Waals surface area contributed by atoms with Crippen molar-refractivity contribution in [3.63, 3.8) is 0 Å². The third kappa shape index (κ3) is 5.24. The van der Waals surface area contributed by atoms with E-state index in [0.29, 0.717) is 0 Å². The summed E-state index contributed by atoms with van der Waals surface area (Å²) in [5.74, 6) is 0. The molecule has 0 unspecified atom stereocenters. The molecular formula is C15H21Cl2N3S. The Bertz CT molecular complexity index is 513. The molecule has 2 heterocycles. The van der Waals surface area contributed by atoms with E-state index in [0.717, 1.165) is 44.8 Å². The monoisotopic (exact) mass is 345 g/mol. The highest BCUT2D eigenvalue weighted by Gasteiger charge is 2.10. The Morgan fingerprint density at radius 2 is 1.81 bits per heavy atom. The Hall–Kier alpha value is -0.650. The lowest BCUT2D eigenvalue weighted by molar-refractivity contribution is 0.244. The summed E-state index contributed by atoms with van der Waals surface area (Å²) in [6, 6.07) is 10.4. The van der Waals surface area contributed by atoms with Crippen LogP contribution in [-0.2, 0) is 6.42 Å². The zero-order chi connectivity index (χ0) is 12.9. The van der Waals surface area contributed by atoms with Crippen LogP contribution in [0.1, 0.15) is 5.01 Å². The lowest BCUT2D eigenvalue weighted by Crippen LogP contribution is -2.44. The fourth-order valence-corrected chi connectivity index (χ4v) is 3.15. The van der Waals surface area contributed by atoms with Gasteiger partial charge in [0.25, 0.3) is 0 Å². The van der Waals surface area contributed by atoms with Crippen LogP contribution in [0.5, 0.6) is 0 Å². The maximum Gasteiger partial charge on any atom is 0.0945 e. The van der Waals surface area contributed by atoms with Crippen LogP contribution >= 0.6 is 36.2 Å². The van der Waals surface area contributed by atoms with Crippen molar-refractivity contribution in [2.75, 3.05) is 32.7 Å². The van der Waals surface area contributed by atoms with Crippen molar-refractivity contribution in [3.8, 4) is 11.3 Å². The second kappa shape index (κ2) is 9.38. The van der Waals surface area contributed by atoms with Gasteiger partial charge < -0.3 is 10.2 Å². The van der Waals surface area contributed by atoms with Gasteiger partial charge in [0, 0.05) is 50.1 Å². The molecule has 2 aromatic rings. The summed E-state index contributed by atoms with van der Waals surface area (Å²) in [4.78, 5) is 7.26. The first-order chi connectivity index (χ1) is 9.42. The van der Waals surface area contributed by atoms with Gasteiger partial charge in [-0.3, -0.25) is 0 Å². The van der Waals surface area contributed by atoms with Gasteiger partial charge in [-0.1, -0.05) is 30.3 Å². The highest BCUT2D eigenvalue weighted by atomic mass is 35.5. The topological polar surface area (TPSA) is 28.2 Å². The van der Waals surface area contributed by atoms with E-state index in [9.17, 15) is 0 Å². The molecule has 3 nitrogen and oxygen atoms in total. The molecule has 1 fully saturated rings. The number of hydrogen-bond donors (Lipinski definition) is 1. The Balaban J connectivity index is 0.00000110. The molecule has 0 radical (unpaired) electrons. The number of benzene rings is 1. The van der Waals surface area contributed by atoms with Crippen molar-refractivity contribution in [3.05, 3.63) is 40.7 Å². The van der Waals surface area contributed by atoms with Crippen LogP contribution in [0.25, 0.3) is 11.3 Å². The van der Waals surface area contributed by atoms with Crippen LogP contribution in [0.4, 0.5) is 0 Å². The molecular weight excluding hydrogens is 325 g/mol. The third-order valence-corrected chi connectivity index (χ3v) is 4.38. The van der Waals surface area contributed by atoms with Gasteiger partial charge in [0.05, 0.1) is 10.7 Å². The van der Waals surface area contributed by atoms with E-state index in [2.05, 4.69) is 39.9 Å². The Labute approximate surface area is 142 Å². The predicted molar refractivity (Wildman–Crippen MR) is 95.1 cm³/mol. The van der Waals surface area contributed by atoms with Crippen molar-refractivity contribution in [2.24, 2.45) is 0 Å². The number of aromatic nitrogens is 1. The number of halogens is 2. The summed E-state index contributed by atoms with van der Waals surface area (Å²) in [5.41, 5.74) is 2.33. The minimum absolute atomic E-state index is 0. The van der Waals surface area contributed by atoms with Gasteiger partial charge in [0.1, 0.15) is 0 Å². The molecule has 1 aromatic carbocycles. The Kier molecular flexibility index (Phi) is 8.22. The standard InChI is InChI=1S/C15H19N3S.2ClH/c1-2-4-13(5-3-1)14-12-19-15(17-14)6-9-18-10-7-16-8-11-18;;/h1-5,12,16H,6-11H2;2*1H. The zero-order valence-corrected chi connectivity index (χ0v) is 14.3. The molecule has 1 N–H and O–H groups in total. The average Bonchev–Trinajstić information content (AvgIpc) is 2.96. The average molecular weight is 346 g/mol. The molecule has 6 heteroatoms. The molecule has 0 saturated carbocycles. The number of piperazine rings is 1. The predicted octanol–water partition coefficient (Wildman–Crippen LogP) is 3.10. The molecule has 1 saturated heterocycles. The van der Waals surface area contributed by atoms with Crippen LogP contribution in [0, 0.1) is 0 Å². The normalized spacial score (nSPS) is 15.0. The first-order valence-electron chi connectivity index (χ1n) is 6.85. The van der Waals surface area contributed by atoms with Crippen LogP contribution in [0.15, 0.2) is 35.7 Å². The molecule has 21 heavy (non-hydrogen) atoms. The van der Waals surface area contributed by atoms with Crippen LogP contribution in [0.2, 0.25) is 0 Å². The SMILES string of the molecule is Cl.Cl.c1ccc(-c2csc(CCN3CCNCC3)n2)cc1. The second-order valence-electron chi connectivity index (χ2n) is 4.83.